The lowest BCUT2D eigenvalue weighted by molar-refractivity contribution is -0.132. The first-order valence-corrected chi connectivity index (χ1v) is 11.3. The van der Waals surface area contributed by atoms with Crippen LogP contribution in [0.2, 0.25) is 10.0 Å². The molecule has 27 heavy (non-hydrogen) atoms. The number of amides is 1. The van der Waals surface area contributed by atoms with Crippen LogP contribution in [-0.4, -0.2) is 74.2 Å². The van der Waals surface area contributed by atoms with Gasteiger partial charge in [-0.15, -0.1) is 0 Å². The summed E-state index contributed by atoms with van der Waals surface area (Å²) in [5.41, 5.74) is 1.10. The zero-order valence-corrected chi connectivity index (χ0v) is 18.6. The maximum absolute atomic E-state index is 13.2. The van der Waals surface area contributed by atoms with Gasteiger partial charge in [0.25, 0.3) is 0 Å². The fourth-order valence-electron chi connectivity index (χ4n) is 3.25. The zero-order chi connectivity index (χ0) is 20.4. The van der Waals surface area contributed by atoms with E-state index in [0.717, 1.165) is 0 Å². The Morgan fingerprint density at radius 1 is 1.11 bits per heavy atom. The summed E-state index contributed by atoms with van der Waals surface area (Å²) in [4.78, 5) is 16.1. The Balaban J connectivity index is 2.13. The third-order valence-corrected chi connectivity index (χ3v) is 8.05. The van der Waals surface area contributed by atoms with Gasteiger partial charge in [-0.2, -0.15) is 4.31 Å². The number of aryl methyl sites for hydroxylation is 1. The number of rotatable bonds is 6. The van der Waals surface area contributed by atoms with Gasteiger partial charge in [-0.3, -0.25) is 9.69 Å². The lowest BCUT2D eigenvalue weighted by Crippen LogP contribution is -2.51. The molecule has 0 saturated carbocycles. The SMILES string of the molecule is CCN(CC)C(=O)CN1CCN(S(=O)(=O)c2c(C)c(Cl)cc(C)c2Cl)CC1. The van der Waals surface area contributed by atoms with Gasteiger partial charge in [-0.1, -0.05) is 23.2 Å². The van der Waals surface area contributed by atoms with Crippen LogP contribution in [0, 0.1) is 13.8 Å². The number of benzene rings is 1. The molecule has 1 aromatic carbocycles. The molecule has 1 saturated heterocycles. The third kappa shape index (κ3) is 4.77. The molecule has 2 rings (SSSR count). The summed E-state index contributed by atoms with van der Waals surface area (Å²) < 4.78 is 27.7. The Morgan fingerprint density at radius 3 is 2.19 bits per heavy atom. The first-order valence-electron chi connectivity index (χ1n) is 9.08. The molecule has 0 aliphatic carbocycles. The van der Waals surface area contributed by atoms with Crippen LogP contribution >= 0.6 is 23.2 Å². The molecule has 1 amide bonds. The van der Waals surface area contributed by atoms with Gasteiger partial charge in [0, 0.05) is 44.3 Å². The van der Waals surface area contributed by atoms with Crippen molar-refractivity contribution in [1.82, 2.24) is 14.1 Å². The van der Waals surface area contributed by atoms with E-state index in [4.69, 9.17) is 23.2 Å². The molecular formula is C18H27Cl2N3O3S. The summed E-state index contributed by atoms with van der Waals surface area (Å²) in [6.45, 7) is 10.6. The minimum atomic E-state index is -3.75. The molecule has 152 valence electrons. The highest BCUT2D eigenvalue weighted by atomic mass is 35.5. The van der Waals surface area contributed by atoms with Gasteiger partial charge in [-0.05, 0) is 44.9 Å². The number of sulfonamides is 1. The number of carbonyl (C=O) groups is 1. The predicted molar refractivity (Wildman–Crippen MR) is 109 cm³/mol. The highest BCUT2D eigenvalue weighted by molar-refractivity contribution is 7.89. The largest absolute Gasteiger partial charge is 0.342 e. The van der Waals surface area contributed by atoms with E-state index >= 15 is 0 Å². The molecule has 0 radical (unpaired) electrons. The normalized spacial score (nSPS) is 16.5. The Hall–Kier alpha value is -0.860. The van der Waals surface area contributed by atoms with E-state index in [0.29, 0.717) is 62.0 Å². The molecule has 9 heteroatoms. The summed E-state index contributed by atoms with van der Waals surface area (Å²) in [5, 5.41) is 0.606. The lowest BCUT2D eigenvalue weighted by atomic mass is 10.2. The molecule has 0 spiro atoms. The second-order valence-electron chi connectivity index (χ2n) is 6.69. The van der Waals surface area contributed by atoms with Gasteiger partial charge in [0.1, 0.15) is 4.90 Å². The average Bonchev–Trinajstić information content (AvgIpc) is 2.61. The van der Waals surface area contributed by atoms with E-state index in [1.807, 2.05) is 18.7 Å². The van der Waals surface area contributed by atoms with E-state index < -0.39 is 10.0 Å². The van der Waals surface area contributed by atoms with E-state index in [-0.39, 0.29) is 15.8 Å². The molecule has 1 heterocycles. The van der Waals surface area contributed by atoms with Crippen molar-refractivity contribution in [3.05, 3.63) is 27.2 Å². The van der Waals surface area contributed by atoms with Crippen molar-refractivity contribution in [2.75, 3.05) is 45.8 Å². The first kappa shape index (κ1) is 22.4. The Kier molecular flexibility index (Phi) is 7.55. The minimum absolute atomic E-state index is 0.0701. The van der Waals surface area contributed by atoms with Crippen LogP contribution in [0.5, 0.6) is 0 Å². The molecule has 1 fully saturated rings. The highest BCUT2D eigenvalue weighted by Crippen LogP contribution is 2.35. The molecule has 1 aliphatic rings. The third-order valence-electron chi connectivity index (χ3n) is 4.99. The van der Waals surface area contributed by atoms with Crippen molar-refractivity contribution >= 4 is 39.1 Å². The first-order chi connectivity index (χ1) is 12.6. The summed E-state index contributed by atoms with van der Waals surface area (Å²) in [5.74, 6) is 0.0701. The van der Waals surface area contributed by atoms with Crippen molar-refractivity contribution in [2.24, 2.45) is 0 Å². The Morgan fingerprint density at radius 2 is 1.67 bits per heavy atom. The quantitative estimate of drug-likeness (QED) is 0.688. The average molecular weight is 436 g/mol. The molecule has 0 N–H and O–H groups in total. The second-order valence-corrected chi connectivity index (χ2v) is 9.35. The summed E-state index contributed by atoms with van der Waals surface area (Å²) in [6, 6.07) is 1.68. The second kappa shape index (κ2) is 9.09. The van der Waals surface area contributed by atoms with Crippen LogP contribution in [0.15, 0.2) is 11.0 Å². The number of nitrogens with zero attached hydrogens (tertiary/aromatic N) is 3. The standard InChI is InChI=1S/C18H27Cl2N3O3S/c1-5-22(6-2)16(24)12-21-7-9-23(10-8-21)27(25,26)18-14(4)15(19)11-13(3)17(18)20/h11H,5-10,12H2,1-4H3. The van der Waals surface area contributed by atoms with Crippen LogP contribution in [0.1, 0.15) is 25.0 Å². The smallest absolute Gasteiger partial charge is 0.244 e. The molecule has 1 aliphatic heterocycles. The van der Waals surface area contributed by atoms with Crippen molar-refractivity contribution in [3.8, 4) is 0 Å². The number of halogens is 2. The summed E-state index contributed by atoms with van der Waals surface area (Å²) in [6.07, 6.45) is 0. The number of hydrogen-bond acceptors (Lipinski definition) is 4. The predicted octanol–water partition coefficient (Wildman–Crippen LogP) is 2.78. The monoisotopic (exact) mass is 435 g/mol. The van der Waals surface area contributed by atoms with Crippen molar-refractivity contribution in [3.63, 3.8) is 0 Å². The molecule has 0 aromatic heterocycles. The van der Waals surface area contributed by atoms with Gasteiger partial charge >= 0.3 is 0 Å². The van der Waals surface area contributed by atoms with E-state index in [9.17, 15) is 13.2 Å². The van der Waals surface area contributed by atoms with Gasteiger partial charge in [0.15, 0.2) is 0 Å². The van der Waals surface area contributed by atoms with Gasteiger partial charge in [-0.25, -0.2) is 8.42 Å². The number of hydrogen-bond donors (Lipinski definition) is 0. The van der Waals surface area contributed by atoms with Crippen LogP contribution in [-0.2, 0) is 14.8 Å². The Bertz CT molecular complexity index is 776. The lowest BCUT2D eigenvalue weighted by Gasteiger charge is -2.35. The van der Waals surface area contributed by atoms with Crippen molar-refractivity contribution in [2.45, 2.75) is 32.6 Å². The number of likely N-dealkylation sites (N-methyl/N-ethyl adjacent to an activating group) is 1. The highest BCUT2D eigenvalue weighted by Gasteiger charge is 2.33. The molecule has 0 bridgehead atoms. The van der Waals surface area contributed by atoms with E-state index in [1.54, 1.807) is 24.8 Å². The zero-order valence-electron chi connectivity index (χ0n) is 16.3. The molecule has 0 atom stereocenters. The van der Waals surface area contributed by atoms with E-state index in [2.05, 4.69) is 0 Å². The van der Waals surface area contributed by atoms with Gasteiger partial charge in [0.2, 0.25) is 15.9 Å². The molecule has 1 aromatic rings. The molecule has 6 nitrogen and oxygen atoms in total. The fraction of sp³-hybridized carbons (Fsp3) is 0.611. The van der Waals surface area contributed by atoms with Gasteiger partial charge < -0.3 is 4.90 Å². The molecular weight excluding hydrogens is 409 g/mol. The molecule has 0 unspecified atom stereocenters. The minimum Gasteiger partial charge on any atom is -0.342 e. The van der Waals surface area contributed by atoms with Crippen molar-refractivity contribution in [1.29, 1.82) is 0 Å². The van der Waals surface area contributed by atoms with Crippen LogP contribution < -0.4 is 0 Å². The van der Waals surface area contributed by atoms with Crippen LogP contribution in [0.25, 0.3) is 0 Å². The number of carbonyl (C=O) groups excluding carboxylic acids is 1. The Labute approximate surface area is 172 Å². The van der Waals surface area contributed by atoms with E-state index in [1.165, 1.54) is 4.31 Å². The summed E-state index contributed by atoms with van der Waals surface area (Å²) in [7, 11) is -3.75. The topological polar surface area (TPSA) is 60.9 Å². The van der Waals surface area contributed by atoms with Crippen LogP contribution in [0.3, 0.4) is 0 Å². The van der Waals surface area contributed by atoms with Crippen LogP contribution in [0.4, 0.5) is 0 Å². The maximum atomic E-state index is 13.2. The maximum Gasteiger partial charge on any atom is 0.244 e. The van der Waals surface area contributed by atoms with Gasteiger partial charge in [0.05, 0.1) is 11.6 Å². The van der Waals surface area contributed by atoms with Crippen molar-refractivity contribution < 1.29 is 13.2 Å². The number of piperazine rings is 1. The fourth-order valence-corrected chi connectivity index (χ4v) is 5.83. The summed E-state index contributed by atoms with van der Waals surface area (Å²) >= 11 is 12.5.